The van der Waals surface area contributed by atoms with Crippen LogP contribution in [-0.4, -0.2) is 37.3 Å². The summed E-state index contributed by atoms with van der Waals surface area (Å²) in [6.45, 7) is 3.49. The number of rotatable bonds is 2. The van der Waals surface area contributed by atoms with Crippen LogP contribution in [0.5, 0.6) is 0 Å². The van der Waals surface area contributed by atoms with E-state index in [4.69, 9.17) is 5.73 Å². The molecular weight excluding hydrogens is 232 g/mol. The minimum atomic E-state index is -0.396. The number of nitrogens with zero attached hydrogens (tertiary/aromatic N) is 2. The number of nitrogens with two attached hydrogens (primary N) is 1. The number of amides is 1. The van der Waals surface area contributed by atoms with Crippen molar-refractivity contribution in [1.29, 1.82) is 0 Å². The number of carbonyl (C=O) groups is 1. The molecule has 1 unspecified atom stereocenters. The van der Waals surface area contributed by atoms with Crippen molar-refractivity contribution in [2.75, 3.05) is 30.8 Å². The average Bonchev–Trinajstić information content (AvgIpc) is 2.80. The number of ether oxygens (including phenoxy) is 1. The minimum Gasteiger partial charge on any atom is -0.453 e. The highest BCUT2D eigenvalue weighted by molar-refractivity contribution is 5.69. The van der Waals surface area contributed by atoms with Crippen LogP contribution < -0.4 is 16.0 Å². The number of pyridine rings is 1. The van der Waals surface area contributed by atoms with Gasteiger partial charge < -0.3 is 20.7 Å². The molecule has 2 rings (SSSR count). The van der Waals surface area contributed by atoms with E-state index in [0.717, 1.165) is 24.3 Å². The van der Waals surface area contributed by atoms with Gasteiger partial charge in [0.2, 0.25) is 0 Å². The van der Waals surface area contributed by atoms with Gasteiger partial charge in [0.1, 0.15) is 0 Å². The van der Waals surface area contributed by atoms with Gasteiger partial charge in [-0.1, -0.05) is 0 Å². The molecule has 1 aromatic rings. The maximum Gasteiger partial charge on any atom is 0.407 e. The van der Waals surface area contributed by atoms with Gasteiger partial charge in [0, 0.05) is 19.3 Å². The lowest BCUT2D eigenvalue weighted by Crippen LogP contribution is -2.37. The van der Waals surface area contributed by atoms with Crippen molar-refractivity contribution in [3.05, 3.63) is 17.8 Å². The topological polar surface area (TPSA) is 80.5 Å². The fourth-order valence-corrected chi connectivity index (χ4v) is 2.10. The zero-order chi connectivity index (χ0) is 13.1. The first-order valence-corrected chi connectivity index (χ1v) is 5.92. The molecule has 2 heterocycles. The number of nitrogens with one attached hydrogen (secondary N) is 1. The number of carbonyl (C=O) groups excluding carboxylic acids is 1. The number of hydrogen-bond acceptors (Lipinski definition) is 5. The summed E-state index contributed by atoms with van der Waals surface area (Å²) in [6.07, 6.45) is 2.22. The second-order valence-corrected chi connectivity index (χ2v) is 4.43. The summed E-state index contributed by atoms with van der Waals surface area (Å²) in [4.78, 5) is 17.5. The third-order valence-corrected chi connectivity index (χ3v) is 3.18. The molecule has 0 radical (unpaired) electrons. The average molecular weight is 250 g/mol. The first-order chi connectivity index (χ1) is 8.61. The number of methoxy groups -OCH3 is 1. The van der Waals surface area contributed by atoms with Crippen LogP contribution in [0.15, 0.2) is 12.3 Å². The van der Waals surface area contributed by atoms with Crippen molar-refractivity contribution in [2.45, 2.75) is 19.4 Å². The van der Waals surface area contributed by atoms with Crippen LogP contribution >= 0.6 is 0 Å². The Morgan fingerprint density at radius 3 is 3.17 bits per heavy atom. The Bertz CT molecular complexity index is 450. The molecule has 1 saturated heterocycles. The van der Waals surface area contributed by atoms with Crippen LogP contribution in [0.2, 0.25) is 0 Å². The predicted molar refractivity (Wildman–Crippen MR) is 69.5 cm³/mol. The van der Waals surface area contributed by atoms with E-state index in [0.29, 0.717) is 12.2 Å². The van der Waals surface area contributed by atoms with Gasteiger partial charge in [-0.3, -0.25) is 0 Å². The Morgan fingerprint density at radius 2 is 2.44 bits per heavy atom. The highest BCUT2D eigenvalue weighted by atomic mass is 16.5. The molecule has 0 bridgehead atoms. The molecule has 1 atom stereocenters. The Hall–Kier alpha value is -1.98. The van der Waals surface area contributed by atoms with Crippen LogP contribution in [-0.2, 0) is 4.74 Å². The smallest absolute Gasteiger partial charge is 0.407 e. The van der Waals surface area contributed by atoms with E-state index in [1.54, 1.807) is 6.20 Å². The SMILES string of the molecule is COC(=O)NC1CCN(c2nccc(C)c2N)C1. The van der Waals surface area contributed by atoms with Gasteiger partial charge in [-0.05, 0) is 25.0 Å². The van der Waals surface area contributed by atoms with Gasteiger partial charge in [0.15, 0.2) is 5.82 Å². The fourth-order valence-electron chi connectivity index (χ4n) is 2.10. The highest BCUT2D eigenvalue weighted by Gasteiger charge is 2.26. The molecule has 18 heavy (non-hydrogen) atoms. The summed E-state index contributed by atoms with van der Waals surface area (Å²) in [5.41, 5.74) is 7.74. The van der Waals surface area contributed by atoms with E-state index < -0.39 is 6.09 Å². The Labute approximate surface area is 106 Å². The van der Waals surface area contributed by atoms with Crippen molar-refractivity contribution in [3.8, 4) is 0 Å². The number of hydrogen-bond donors (Lipinski definition) is 2. The lowest BCUT2D eigenvalue weighted by molar-refractivity contribution is 0.167. The fraction of sp³-hybridized carbons (Fsp3) is 0.500. The number of alkyl carbamates (subject to hydrolysis) is 1. The van der Waals surface area contributed by atoms with E-state index in [2.05, 4.69) is 19.9 Å². The molecule has 1 aliphatic rings. The van der Waals surface area contributed by atoms with Crippen LogP contribution in [0.3, 0.4) is 0 Å². The molecule has 1 aliphatic heterocycles. The molecule has 98 valence electrons. The molecule has 6 heteroatoms. The van der Waals surface area contributed by atoms with Gasteiger partial charge in [0.25, 0.3) is 0 Å². The summed E-state index contributed by atoms with van der Waals surface area (Å²) in [5, 5.41) is 2.79. The first kappa shape index (κ1) is 12.5. The Kier molecular flexibility index (Phi) is 3.55. The van der Waals surface area contributed by atoms with E-state index in [1.807, 2.05) is 13.0 Å². The van der Waals surface area contributed by atoms with Crippen LogP contribution in [0.25, 0.3) is 0 Å². The Balaban J connectivity index is 2.04. The van der Waals surface area contributed by atoms with Crippen LogP contribution in [0.4, 0.5) is 16.3 Å². The van der Waals surface area contributed by atoms with E-state index >= 15 is 0 Å². The second kappa shape index (κ2) is 5.12. The largest absolute Gasteiger partial charge is 0.453 e. The van der Waals surface area contributed by atoms with Crippen LogP contribution in [0, 0.1) is 6.92 Å². The van der Waals surface area contributed by atoms with E-state index in [1.165, 1.54) is 7.11 Å². The quantitative estimate of drug-likeness (QED) is 0.815. The van der Waals surface area contributed by atoms with Gasteiger partial charge in [-0.25, -0.2) is 9.78 Å². The molecule has 3 N–H and O–H groups in total. The first-order valence-electron chi connectivity index (χ1n) is 5.92. The summed E-state index contributed by atoms with van der Waals surface area (Å²) in [6, 6.07) is 1.97. The molecule has 0 aliphatic carbocycles. The lowest BCUT2D eigenvalue weighted by atomic mass is 10.2. The second-order valence-electron chi connectivity index (χ2n) is 4.43. The van der Waals surface area contributed by atoms with Gasteiger partial charge in [-0.15, -0.1) is 0 Å². The van der Waals surface area contributed by atoms with Gasteiger partial charge in [0.05, 0.1) is 18.8 Å². The molecule has 6 nitrogen and oxygen atoms in total. The van der Waals surface area contributed by atoms with Crippen molar-refractivity contribution < 1.29 is 9.53 Å². The van der Waals surface area contributed by atoms with Crippen molar-refractivity contribution in [1.82, 2.24) is 10.3 Å². The van der Waals surface area contributed by atoms with Crippen LogP contribution in [0.1, 0.15) is 12.0 Å². The molecule has 1 amide bonds. The zero-order valence-corrected chi connectivity index (χ0v) is 10.6. The third-order valence-electron chi connectivity index (χ3n) is 3.18. The summed E-state index contributed by atoms with van der Waals surface area (Å²) in [7, 11) is 1.36. The summed E-state index contributed by atoms with van der Waals surface area (Å²) >= 11 is 0. The normalized spacial score (nSPS) is 18.8. The lowest BCUT2D eigenvalue weighted by Gasteiger charge is -2.20. The van der Waals surface area contributed by atoms with Crippen molar-refractivity contribution in [2.24, 2.45) is 0 Å². The molecule has 0 aromatic carbocycles. The Morgan fingerprint density at radius 1 is 1.67 bits per heavy atom. The monoisotopic (exact) mass is 250 g/mol. The van der Waals surface area contributed by atoms with Gasteiger partial charge >= 0.3 is 6.09 Å². The number of nitrogen functional groups attached to an aromatic ring is 1. The van der Waals surface area contributed by atoms with E-state index in [9.17, 15) is 4.79 Å². The standard InChI is InChI=1S/C12H18N4O2/c1-8-3-5-14-11(10(8)13)16-6-4-9(7-16)15-12(17)18-2/h3,5,9H,4,6-7,13H2,1-2H3,(H,15,17). The maximum atomic E-state index is 11.1. The number of anilines is 2. The molecule has 0 spiro atoms. The maximum absolute atomic E-state index is 11.1. The highest BCUT2D eigenvalue weighted by Crippen LogP contribution is 2.26. The van der Waals surface area contributed by atoms with Crippen molar-refractivity contribution >= 4 is 17.6 Å². The zero-order valence-electron chi connectivity index (χ0n) is 10.6. The molecule has 0 saturated carbocycles. The molecule has 1 aromatic heterocycles. The number of aromatic nitrogens is 1. The summed E-state index contributed by atoms with van der Waals surface area (Å²) in [5.74, 6) is 0.796. The van der Waals surface area contributed by atoms with E-state index in [-0.39, 0.29) is 6.04 Å². The number of aryl methyl sites for hydroxylation is 1. The third kappa shape index (κ3) is 2.47. The minimum absolute atomic E-state index is 0.0826. The molecule has 1 fully saturated rings. The van der Waals surface area contributed by atoms with Gasteiger partial charge in [-0.2, -0.15) is 0 Å². The molecular formula is C12H18N4O2. The van der Waals surface area contributed by atoms with Crippen molar-refractivity contribution in [3.63, 3.8) is 0 Å². The predicted octanol–water partition coefficient (Wildman–Crippen LogP) is 0.907. The summed E-state index contributed by atoms with van der Waals surface area (Å²) < 4.78 is 4.59.